The molecule has 9 heteroatoms. The highest BCUT2D eigenvalue weighted by Crippen LogP contribution is 2.25. The number of carbonyl (C=O) groups is 1. The largest absolute Gasteiger partial charge is 0.350 e. The van der Waals surface area contributed by atoms with Crippen LogP contribution in [0.2, 0.25) is 0 Å². The fourth-order valence-corrected chi connectivity index (χ4v) is 3.51. The van der Waals surface area contributed by atoms with E-state index in [2.05, 4.69) is 5.32 Å². The van der Waals surface area contributed by atoms with Crippen LogP contribution in [-0.2, 0) is 10.0 Å². The summed E-state index contributed by atoms with van der Waals surface area (Å²) in [7, 11) is -3.91. The third-order valence-corrected chi connectivity index (χ3v) is 4.97. The standard InChI is InChI=1S/C14H14F2N2O3S2/c1-23(20,21)18(13-10(15)4-2-5-11(13)16)8-7-17-14(19)12-6-3-9-22-12/h2-6,9H,7-8H2,1H3,(H,17,19). The summed E-state index contributed by atoms with van der Waals surface area (Å²) in [6, 6.07) is 6.41. The number of nitrogens with zero attached hydrogens (tertiary/aromatic N) is 1. The highest BCUT2D eigenvalue weighted by Gasteiger charge is 2.24. The highest BCUT2D eigenvalue weighted by atomic mass is 32.2. The van der Waals surface area contributed by atoms with Crippen molar-refractivity contribution in [2.45, 2.75) is 0 Å². The van der Waals surface area contributed by atoms with Gasteiger partial charge in [-0.15, -0.1) is 11.3 Å². The number of sulfonamides is 1. The van der Waals surface area contributed by atoms with Crippen LogP contribution in [0.1, 0.15) is 9.67 Å². The average Bonchev–Trinajstić information content (AvgIpc) is 2.98. The topological polar surface area (TPSA) is 66.5 Å². The number of para-hydroxylation sites is 1. The fourth-order valence-electron chi connectivity index (χ4n) is 1.94. The second-order valence-corrected chi connectivity index (χ2v) is 7.49. The van der Waals surface area contributed by atoms with Gasteiger partial charge in [-0.3, -0.25) is 9.10 Å². The van der Waals surface area contributed by atoms with E-state index in [-0.39, 0.29) is 19.0 Å². The Labute approximate surface area is 136 Å². The van der Waals surface area contributed by atoms with Gasteiger partial charge in [-0.1, -0.05) is 12.1 Å². The average molecular weight is 360 g/mol. The van der Waals surface area contributed by atoms with Gasteiger partial charge in [0.15, 0.2) is 11.6 Å². The van der Waals surface area contributed by atoms with Gasteiger partial charge in [-0.2, -0.15) is 0 Å². The van der Waals surface area contributed by atoms with Crippen molar-refractivity contribution in [1.82, 2.24) is 5.32 Å². The molecular weight excluding hydrogens is 346 g/mol. The number of halogens is 2. The third-order valence-electron chi connectivity index (χ3n) is 2.93. The molecular formula is C14H14F2N2O3S2. The summed E-state index contributed by atoms with van der Waals surface area (Å²) in [5.74, 6) is -2.34. The van der Waals surface area contributed by atoms with Crippen molar-refractivity contribution in [2.75, 3.05) is 23.7 Å². The lowest BCUT2D eigenvalue weighted by Crippen LogP contribution is -2.39. The van der Waals surface area contributed by atoms with E-state index in [0.717, 1.165) is 24.5 Å². The number of carbonyl (C=O) groups excluding carboxylic acids is 1. The van der Waals surface area contributed by atoms with Gasteiger partial charge >= 0.3 is 0 Å². The van der Waals surface area contributed by atoms with Crippen LogP contribution in [0.15, 0.2) is 35.7 Å². The molecule has 2 rings (SSSR count). The lowest BCUT2D eigenvalue weighted by atomic mass is 10.3. The molecule has 1 amide bonds. The first-order valence-corrected chi connectivity index (χ1v) is 9.27. The van der Waals surface area contributed by atoms with Crippen molar-refractivity contribution < 1.29 is 22.0 Å². The summed E-state index contributed by atoms with van der Waals surface area (Å²) >= 11 is 1.23. The Bertz CT molecular complexity index is 772. The maximum atomic E-state index is 13.8. The van der Waals surface area contributed by atoms with Crippen LogP contribution in [0.3, 0.4) is 0 Å². The van der Waals surface area contributed by atoms with E-state index in [1.807, 2.05) is 0 Å². The smallest absolute Gasteiger partial charge is 0.261 e. The first kappa shape index (κ1) is 17.4. The Morgan fingerprint density at radius 3 is 2.39 bits per heavy atom. The lowest BCUT2D eigenvalue weighted by Gasteiger charge is -2.23. The fraction of sp³-hybridized carbons (Fsp3) is 0.214. The molecule has 2 aromatic rings. The molecule has 0 fully saturated rings. The van der Waals surface area contributed by atoms with Gasteiger partial charge in [-0.05, 0) is 23.6 Å². The third kappa shape index (κ3) is 4.26. The van der Waals surface area contributed by atoms with Crippen molar-refractivity contribution >= 4 is 33.0 Å². The van der Waals surface area contributed by atoms with Gasteiger partial charge in [0.05, 0.1) is 17.7 Å². The summed E-state index contributed by atoms with van der Waals surface area (Å²) in [5.41, 5.74) is -0.652. The minimum absolute atomic E-state index is 0.0857. The molecule has 0 atom stereocenters. The maximum absolute atomic E-state index is 13.8. The monoisotopic (exact) mass is 360 g/mol. The molecule has 124 valence electrons. The SMILES string of the molecule is CS(=O)(=O)N(CCNC(=O)c1cccs1)c1c(F)cccc1F. The Morgan fingerprint density at radius 1 is 1.22 bits per heavy atom. The number of hydrogen-bond donors (Lipinski definition) is 1. The normalized spacial score (nSPS) is 11.3. The molecule has 0 unspecified atom stereocenters. The summed E-state index contributed by atoms with van der Waals surface area (Å²) in [6.07, 6.45) is 0.847. The Hall–Kier alpha value is -2.00. The van der Waals surface area contributed by atoms with E-state index in [4.69, 9.17) is 0 Å². The van der Waals surface area contributed by atoms with Gasteiger partial charge in [0.1, 0.15) is 5.69 Å². The van der Waals surface area contributed by atoms with Crippen molar-refractivity contribution in [1.29, 1.82) is 0 Å². The minimum atomic E-state index is -3.91. The Kier molecular flexibility index (Phi) is 5.32. The molecule has 0 aliphatic carbocycles. The molecule has 1 heterocycles. The maximum Gasteiger partial charge on any atom is 0.261 e. The van der Waals surface area contributed by atoms with E-state index in [1.165, 1.54) is 11.3 Å². The van der Waals surface area contributed by atoms with Crippen LogP contribution in [-0.4, -0.2) is 33.7 Å². The second kappa shape index (κ2) is 7.05. The molecule has 0 bridgehead atoms. The molecule has 0 spiro atoms. The number of benzene rings is 1. The van der Waals surface area contributed by atoms with Crippen molar-refractivity contribution in [2.24, 2.45) is 0 Å². The molecule has 1 aromatic carbocycles. The summed E-state index contributed by atoms with van der Waals surface area (Å²) in [6.45, 7) is -0.370. The zero-order valence-electron chi connectivity index (χ0n) is 12.1. The predicted molar refractivity (Wildman–Crippen MR) is 85.2 cm³/mol. The van der Waals surface area contributed by atoms with Crippen LogP contribution in [0.5, 0.6) is 0 Å². The van der Waals surface area contributed by atoms with Crippen LogP contribution in [0, 0.1) is 11.6 Å². The molecule has 1 aromatic heterocycles. The summed E-state index contributed by atoms with van der Waals surface area (Å²) in [4.78, 5) is 12.3. The Balaban J connectivity index is 2.13. The van der Waals surface area contributed by atoms with Crippen molar-refractivity contribution in [3.63, 3.8) is 0 Å². The van der Waals surface area contributed by atoms with Crippen LogP contribution in [0.25, 0.3) is 0 Å². The molecule has 0 aliphatic rings. The lowest BCUT2D eigenvalue weighted by molar-refractivity contribution is 0.0959. The minimum Gasteiger partial charge on any atom is -0.350 e. The highest BCUT2D eigenvalue weighted by molar-refractivity contribution is 7.92. The number of rotatable bonds is 6. The molecule has 0 saturated heterocycles. The van der Waals surface area contributed by atoms with Gasteiger partial charge in [0.2, 0.25) is 10.0 Å². The number of nitrogens with one attached hydrogen (secondary N) is 1. The number of amides is 1. The van der Waals surface area contributed by atoms with Crippen molar-refractivity contribution in [3.05, 3.63) is 52.2 Å². The van der Waals surface area contributed by atoms with E-state index >= 15 is 0 Å². The molecule has 0 saturated carbocycles. The predicted octanol–water partition coefficient (Wildman–Crippen LogP) is 2.22. The van der Waals surface area contributed by atoms with Crippen LogP contribution < -0.4 is 9.62 Å². The molecule has 0 aliphatic heterocycles. The summed E-state index contributed by atoms with van der Waals surface area (Å²) in [5, 5.41) is 4.25. The summed E-state index contributed by atoms with van der Waals surface area (Å²) < 4.78 is 51.9. The second-order valence-electron chi connectivity index (χ2n) is 4.64. The van der Waals surface area contributed by atoms with E-state index in [1.54, 1.807) is 17.5 Å². The number of hydrogen-bond acceptors (Lipinski definition) is 4. The zero-order valence-corrected chi connectivity index (χ0v) is 13.8. The molecule has 0 radical (unpaired) electrons. The first-order valence-electron chi connectivity index (χ1n) is 6.54. The zero-order chi connectivity index (χ0) is 17.0. The van der Waals surface area contributed by atoms with Gasteiger partial charge in [-0.25, -0.2) is 17.2 Å². The van der Waals surface area contributed by atoms with E-state index in [9.17, 15) is 22.0 Å². The van der Waals surface area contributed by atoms with Crippen LogP contribution in [0.4, 0.5) is 14.5 Å². The number of anilines is 1. The molecule has 1 N–H and O–H groups in total. The van der Waals surface area contributed by atoms with Crippen LogP contribution >= 0.6 is 11.3 Å². The quantitative estimate of drug-likeness (QED) is 0.859. The van der Waals surface area contributed by atoms with Gasteiger partial charge in [0.25, 0.3) is 5.91 Å². The molecule has 5 nitrogen and oxygen atoms in total. The van der Waals surface area contributed by atoms with Gasteiger partial charge in [0, 0.05) is 6.54 Å². The number of thiophene rings is 1. The van der Waals surface area contributed by atoms with Gasteiger partial charge < -0.3 is 5.32 Å². The van der Waals surface area contributed by atoms with Crippen molar-refractivity contribution in [3.8, 4) is 0 Å². The first-order chi connectivity index (χ1) is 10.8. The van der Waals surface area contributed by atoms with E-state index in [0.29, 0.717) is 9.18 Å². The van der Waals surface area contributed by atoms with E-state index < -0.39 is 27.3 Å². The molecule has 23 heavy (non-hydrogen) atoms. The Morgan fingerprint density at radius 2 is 1.87 bits per heavy atom.